The smallest absolute Gasteiger partial charge is 0.405 e. The predicted octanol–water partition coefficient (Wildman–Crippen LogP) is 3.99. The van der Waals surface area contributed by atoms with Crippen LogP contribution in [0.4, 0.5) is 13.2 Å². The summed E-state index contributed by atoms with van der Waals surface area (Å²) in [5, 5.41) is 6.47. The summed E-state index contributed by atoms with van der Waals surface area (Å²) in [5.41, 5.74) is 0.391. The molecule has 1 atom stereocenters. The van der Waals surface area contributed by atoms with Crippen molar-refractivity contribution in [3.63, 3.8) is 0 Å². The van der Waals surface area contributed by atoms with Crippen molar-refractivity contribution in [2.75, 3.05) is 32.7 Å². The average Bonchev–Trinajstić information content (AvgIpc) is 2.64. The fourth-order valence-corrected chi connectivity index (χ4v) is 3.21. The molecule has 1 heterocycles. The van der Waals surface area contributed by atoms with Crippen LogP contribution in [0.15, 0.2) is 29.3 Å². The molecule has 2 rings (SSSR count). The van der Waals surface area contributed by atoms with Gasteiger partial charge in [0.2, 0.25) is 0 Å². The number of nitrogens with zero attached hydrogens (tertiary/aromatic N) is 2. The molecule has 0 saturated carbocycles. The first-order valence-corrected chi connectivity index (χ1v) is 9.49. The van der Waals surface area contributed by atoms with E-state index in [-0.39, 0.29) is 36.3 Å². The third-order valence-corrected chi connectivity index (χ3v) is 4.56. The van der Waals surface area contributed by atoms with E-state index >= 15 is 0 Å². The molecule has 1 fully saturated rings. The lowest BCUT2D eigenvalue weighted by Crippen LogP contribution is -2.44. The molecule has 1 aromatic carbocycles. The summed E-state index contributed by atoms with van der Waals surface area (Å²) >= 11 is 0. The van der Waals surface area contributed by atoms with Crippen LogP contribution in [0.2, 0.25) is 0 Å². The van der Waals surface area contributed by atoms with E-state index in [0.29, 0.717) is 24.0 Å². The predicted molar refractivity (Wildman–Crippen MR) is 116 cm³/mol. The van der Waals surface area contributed by atoms with Gasteiger partial charge in [-0.3, -0.25) is 0 Å². The van der Waals surface area contributed by atoms with Gasteiger partial charge in [0.05, 0.1) is 6.54 Å². The number of para-hydroxylation sites is 1. The Labute approximate surface area is 182 Å². The van der Waals surface area contributed by atoms with Gasteiger partial charge in [0, 0.05) is 25.2 Å². The van der Waals surface area contributed by atoms with Crippen molar-refractivity contribution in [2.24, 2.45) is 10.9 Å². The van der Waals surface area contributed by atoms with Gasteiger partial charge in [0.15, 0.2) is 5.96 Å². The molecular formula is C19H30F3IN4O. The number of aliphatic imine (C=N–C) groups is 1. The highest BCUT2D eigenvalue weighted by atomic mass is 127. The molecule has 0 aromatic heterocycles. The van der Waals surface area contributed by atoms with Crippen molar-refractivity contribution >= 4 is 29.9 Å². The summed E-state index contributed by atoms with van der Waals surface area (Å²) in [5.74, 6) is 0.937. The van der Waals surface area contributed by atoms with E-state index in [4.69, 9.17) is 0 Å². The van der Waals surface area contributed by atoms with Crippen molar-refractivity contribution in [3.8, 4) is 5.75 Å². The van der Waals surface area contributed by atoms with Gasteiger partial charge in [-0.25, -0.2) is 4.99 Å². The largest absolute Gasteiger partial charge is 0.573 e. The summed E-state index contributed by atoms with van der Waals surface area (Å²) in [6, 6.07) is 6.09. The summed E-state index contributed by atoms with van der Waals surface area (Å²) in [6.07, 6.45) is -2.35. The number of hydrogen-bond acceptors (Lipinski definition) is 3. The van der Waals surface area contributed by atoms with Crippen LogP contribution in [0.25, 0.3) is 0 Å². The molecule has 0 bridgehead atoms. The van der Waals surface area contributed by atoms with Crippen LogP contribution in [0, 0.1) is 5.92 Å². The maximum atomic E-state index is 12.5. The van der Waals surface area contributed by atoms with Crippen molar-refractivity contribution in [2.45, 2.75) is 39.6 Å². The number of likely N-dealkylation sites (tertiary alicyclic amines) is 1. The minimum Gasteiger partial charge on any atom is -0.405 e. The Morgan fingerprint density at radius 1 is 1.25 bits per heavy atom. The number of benzene rings is 1. The summed E-state index contributed by atoms with van der Waals surface area (Å²) in [6.45, 7) is 8.97. The Balaban J connectivity index is 0.00000392. The topological polar surface area (TPSA) is 48.9 Å². The van der Waals surface area contributed by atoms with Crippen molar-refractivity contribution in [1.29, 1.82) is 0 Å². The SMILES string of the molecule is CCNC(=NCc1ccccc1OC(F)(F)F)NCC1CCCN(CC)C1.I. The molecule has 9 heteroatoms. The van der Waals surface area contributed by atoms with Gasteiger partial charge >= 0.3 is 6.36 Å². The van der Waals surface area contributed by atoms with Crippen LogP contribution >= 0.6 is 24.0 Å². The van der Waals surface area contributed by atoms with Crippen LogP contribution in [0.5, 0.6) is 5.75 Å². The molecule has 1 aromatic rings. The monoisotopic (exact) mass is 514 g/mol. The highest BCUT2D eigenvalue weighted by Gasteiger charge is 2.31. The van der Waals surface area contributed by atoms with Gasteiger partial charge < -0.3 is 20.3 Å². The quantitative estimate of drug-likeness (QED) is 0.329. The minimum absolute atomic E-state index is 0. The van der Waals surface area contributed by atoms with Gasteiger partial charge in [0.25, 0.3) is 0 Å². The molecule has 0 radical (unpaired) electrons. The Kier molecular flexibility index (Phi) is 10.9. The van der Waals surface area contributed by atoms with Crippen LogP contribution in [0.3, 0.4) is 0 Å². The maximum absolute atomic E-state index is 12.5. The van der Waals surface area contributed by atoms with Crippen LogP contribution < -0.4 is 15.4 Å². The highest BCUT2D eigenvalue weighted by Crippen LogP contribution is 2.26. The van der Waals surface area contributed by atoms with Gasteiger partial charge in [-0.15, -0.1) is 37.1 Å². The number of halogens is 4. The van der Waals surface area contributed by atoms with Gasteiger partial charge in [-0.05, 0) is 44.8 Å². The lowest BCUT2D eigenvalue weighted by atomic mass is 9.98. The second kappa shape index (κ2) is 12.4. The maximum Gasteiger partial charge on any atom is 0.573 e. The number of ether oxygens (including phenoxy) is 1. The van der Waals surface area contributed by atoms with E-state index in [0.717, 1.165) is 26.2 Å². The number of rotatable bonds is 7. The molecule has 0 spiro atoms. The molecule has 28 heavy (non-hydrogen) atoms. The third-order valence-electron chi connectivity index (χ3n) is 4.56. The fourth-order valence-electron chi connectivity index (χ4n) is 3.21. The summed E-state index contributed by atoms with van der Waals surface area (Å²) in [4.78, 5) is 6.87. The van der Waals surface area contributed by atoms with Crippen LogP contribution in [-0.2, 0) is 6.54 Å². The summed E-state index contributed by atoms with van der Waals surface area (Å²) in [7, 11) is 0. The molecule has 5 nitrogen and oxygen atoms in total. The molecule has 2 N–H and O–H groups in total. The van der Waals surface area contributed by atoms with E-state index in [9.17, 15) is 13.2 Å². The highest BCUT2D eigenvalue weighted by molar-refractivity contribution is 14.0. The van der Waals surface area contributed by atoms with Gasteiger partial charge in [-0.1, -0.05) is 25.1 Å². The Bertz CT molecular complexity index is 613. The van der Waals surface area contributed by atoms with E-state index in [2.05, 4.69) is 32.2 Å². The number of alkyl halides is 3. The van der Waals surface area contributed by atoms with Gasteiger partial charge in [-0.2, -0.15) is 0 Å². The number of piperidine rings is 1. The van der Waals surface area contributed by atoms with E-state index < -0.39 is 6.36 Å². The normalized spacial score (nSPS) is 18.3. The molecule has 160 valence electrons. The first kappa shape index (κ1) is 24.8. The van der Waals surface area contributed by atoms with Crippen LogP contribution in [0.1, 0.15) is 32.3 Å². The lowest BCUT2D eigenvalue weighted by molar-refractivity contribution is -0.274. The van der Waals surface area contributed by atoms with Crippen molar-refractivity contribution < 1.29 is 17.9 Å². The molecule has 1 saturated heterocycles. The first-order valence-electron chi connectivity index (χ1n) is 9.49. The van der Waals surface area contributed by atoms with E-state index in [1.54, 1.807) is 12.1 Å². The van der Waals surface area contributed by atoms with Gasteiger partial charge in [0.1, 0.15) is 5.75 Å². The van der Waals surface area contributed by atoms with Crippen LogP contribution in [-0.4, -0.2) is 49.9 Å². The Morgan fingerprint density at radius 3 is 2.68 bits per heavy atom. The second-order valence-electron chi connectivity index (χ2n) is 6.63. The van der Waals surface area contributed by atoms with Crippen molar-refractivity contribution in [3.05, 3.63) is 29.8 Å². The van der Waals surface area contributed by atoms with E-state index in [1.807, 2.05) is 6.92 Å². The Morgan fingerprint density at radius 2 is 2.00 bits per heavy atom. The minimum atomic E-state index is -4.71. The first-order chi connectivity index (χ1) is 12.9. The van der Waals surface area contributed by atoms with Crippen molar-refractivity contribution in [1.82, 2.24) is 15.5 Å². The third kappa shape index (κ3) is 8.85. The zero-order valence-electron chi connectivity index (χ0n) is 16.4. The molecular weight excluding hydrogens is 484 g/mol. The molecule has 1 aliphatic heterocycles. The summed E-state index contributed by atoms with van der Waals surface area (Å²) < 4.78 is 41.7. The number of guanidine groups is 1. The fraction of sp³-hybridized carbons (Fsp3) is 0.632. The zero-order valence-corrected chi connectivity index (χ0v) is 18.7. The zero-order chi connectivity index (χ0) is 19.7. The molecule has 0 aliphatic carbocycles. The number of nitrogens with one attached hydrogen (secondary N) is 2. The average molecular weight is 514 g/mol. The van der Waals surface area contributed by atoms with E-state index in [1.165, 1.54) is 25.0 Å². The molecule has 1 unspecified atom stereocenters. The Hall–Kier alpha value is -1.23. The lowest BCUT2D eigenvalue weighted by Gasteiger charge is -2.32. The number of hydrogen-bond donors (Lipinski definition) is 2. The standard InChI is InChI=1S/C19H29F3N4O.HI/c1-3-23-18(24-12-15-8-7-11-26(4-2)14-15)25-13-16-9-5-6-10-17(16)27-19(20,21)22;/h5-6,9-10,15H,3-4,7-8,11-14H2,1-2H3,(H2,23,24,25);1H. The molecule has 0 amide bonds. The molecule has 1 aliphatic rings. The second-order valence-corrected chi connectivity index (χ2v) is 6.63.